The van der Waals surface area contributed by atoms with E-state index in [-0.39, 0.29) is 10.8 Å². The Morgan fingerprint density at radius 1 is 1.21 bits per heavy atom. The molecular weight excluding hydrogens is 332 g/mol. The smallest absolute Gasteiger partial charge is 0.320 e. The molecule has 1 aromatic carbocycles. The van der Waals surface area contributed by atoms with E-state index in [2.05, 4.69) is 0 Å². The molecule has 0 aromatic heterocycles. The number of nitrogens with zero attached hydrogens (tertiary/aromatic N) is 2. The summed E-state index contributed by atoms with van der Waals surface area (Å²) in [5.74, 6) is -1.08. The van der Waals surface area contributed by atoms with Crippen LogP contribution in [0.25, 0.3) is 0 Å². The zero-order chi connectivity index (χ0) is 17.9. The minimum absolute atomic E-state index is 0.115. The highest BCUT2D eigenvalue weighted by Gasteiger charge is 2.29. The third-order valence-corrected chi connectivity index (χ3v) is 5.33. The lowest BCUT2D eigenvalue weighted by atomic mass is 10.1. The van der Waals surface area contributed by atoms with Gasteiger partial charge in [-0.1, -0.05) is 13.0 Å². The first-order valence-corrected chi connectivity index (χ1v) is 9.69. The van der Waals surface area contributed by atoms with Crippen LogP contribution in [0.2, 0.25) is 0 Å². The predicted molar refractivity (Wildman–Crippen MR) is 88.7 cm³/mol. The first-order chi connectivity index (χ1) is 11.2. The number of aliphatic carboxylic acids is 1. The van der Waals surface area contributed by atoms with Crippen LogP contribution in [0.3, 0.4) is 0 Å². The lowest BCUT2D eigenvalue weighted by Crippen LogP contribution is -2.53. The van der Waals surface area contributed by atoms with Gasteiger partial charge in [-0.15, -0.1) is 0 Å². The van der Waals surface area contributed by atoms with Crippen molar-refractivity contribution in [2.75, 3.05) is 32.4 Å². The van der Waals surface area contributed by atoms with Crippen molar-refractivity contribution in [2.24, 2.45) is 0 Å². The molecule has 1 N–H and O–H groups in total. The van der Waals surface area contributed by atoms with Gasteiger partial charge in [0.1, 0.15) is 6.04 Å². The molecule has 1 fully saturated rings. The molecule has 1 amide bonds. The standard InChI is InChI=1S/C16H22N2O5S/c1-3-14(16(20)21)17-7-9-18(10-8-17)15(19)12-5-4-6-13(11-12)24(2,22)23/h4-6,11,14H,3,7-10H2,1-2H3,(H,20,21). The van der Waals surface area contributed by atoms with Gasteiger partial charge < -0.3 is 10.0 Å². The van der Waals surface area contributed by atoms with Gasteiger partial charge in [-0.05, 0) is 24.6 Å². The summed E-state index contributed by atoms with van der Waals surface area (Å²) in [5.41, 5.74) is 0.330. The number of hydrogen-bond donors (Lipinski definition) is 1. The number of sulfone groups is 1. The van der Waals surface area contributed by atoms with Crippen LogP contribution in [0.1, 0.15) is 23.7 Å². The van der Waals surface area contributed by atoms with Crippen molar-refractivity contribution < 1.29 is 23.1 Å². The first kappa shape index (κ1) is 18.4. The SMILES string of the molecule is CCC(C(=O)O)N1CCN(C(=O)c2cccc(S(C)(=O)=O)c2)CC1. The monoisotopic (exact) mass is 354 g/mol. The number of rotatable bonds is 5. The van der Waals surface area contributed by atoms with Gasteiger partial charge in [-0.3, -0.25) is 14.5 Å². The second-order valence-electron chi connectivity index (χ2n) is 5.89. The van der Waals surface area contributed by atoms with Crippen molar-refractivity contribution in [2.45, 2.75) is 24.3 Å². The molecule has 8 heteroatoms. The number of carbonyl (C=O) groups is 2. The summed E-state index contributed by atoms with van der Waals surface area (Å²) in [6.45, 7) is 3.65. The Morgan fingerprint density at radius 2 is 1.83 bits per heavy atom. The molecule has 1 atom stereocenters. The number of amides is 1. The van der Waals surface area contributed by atoms with E-state index >= 15 is 0 Å². The highest BCUT2D eigenvalue weighted by atomic mass is 32.2. The molecule has 1 unspecified atom stereocenters. The molecule has 0 aliphatic carbocycles. The molecule has 1 aliphatic heterocycles. The van der Waals surface area contributed by atoms with Gasteiger partial charge in [0.15, 0.2) is 9.84 Å². The summed E-state index contributed by atoms with van der Waals surface area (Å²) in [5, 5.41) is 9.21. The van der Waals surface area contributed by atoms with E-state index in [1.807, 2.05) is 11.8 Å². The zero-order valence-corrected chi connectivity index (χ0v) is 14.6. The summed E-state index contributed by atoms with van der Waals surface area (Å²) in [4.78, 5) is 27.4. The van der Waals surface area contributed by atoms with E-state index in [0.717, 1.165) is 6.26 Å². The lowest BCUT2D eigenvalue weighted by molar-refractivity contribution is -0.144. The third kappa shape index (κ3) is 4.12. The van der Waals surface area contributed by atoms with E-state index in [0.29, 0.717) is 38.2 Å². The second kappa shape index (κ2) is 7.31. The number of carboxylic acid groups (broad SMARTS) is 1. The van der Waals surface area contributed by atoms with Crippen LogP contribution in [0.5, 0.6) is 0 Å². The normalized spacial score (nSPS) is 17.5. The molecule has 7 nitrogen and oxygen atoms in total. The minimum atomic E-state index is -3.37. The summed E-state index contributed by atoms with van der Waals surface area (Å²) < 4.78 is 23.2. The van der Waals surface area contributed by atoms with Crippen LogP contribution >= 0.6 is 0 Å². The van der Waals surface area contributed by atoms with Crippen molar-refractivity contribution >= 4 is 21.7 Å². The van der Waals surface area contributed by atoms with Crippen molar-refractivity contribution in [1.82, 2.24) is 9.80 Å². The number of carbonyl (C=O) groups excluding carboxylic acids is 1. The molecule has 0 bridgehead atoms. The molecule has 132 valence electrons. The molecule has 24 heavy (non-hydrogen) atoms. The maximum Gasteiger partial charge on any atom is 0.320 e. The van der Waals surface area contributed by atoms with Crippen LogP contribution in [-0.2, 0) is 14.6 Å². The van der Waals surface area contributed by atoms with Crippen LogP contribution in [0, 0.1) is 0 Å². The van der Waals surface area contributed by atoms with E-state index in [1.165, 1.54) is 12.1 Å². The Morgan fingerprint density at radius 3 is 2.33 bits per heavy atom. The topological polar surface area (TPSA) is 95.0 Å². The maximum absolute atomic E-state index is 12.6. The zero-order valence-electron chi connectivity index (χ0n) is 13.8. The summed E-state index contributed by atoms with van der Waals surface area (Å²) >= 11 is 0. The quantitative estimate of drug-likeness (QED) is 0.837. The van der Waals surface area contributed by atoms with E-state index in [9.17, 15) is 23.1 Å². The summed E-state index contributed by atoms with van der Waals surface area (Å²) in [6.07, 6.45) is 1.62. The van der Waals surface area contributed by atoms with Gasteiger partial charge in [-0.25, -0.2) is 8.42 Å². The van der Waals surface area contributed by atoms with Crippen LogP contribution in [0.4, 0.5) is 0 Å². The Balaban J connectivity index is 2.07. The molecule has 0 saturated carbocycles. The van der Waals surface area contributed by atoms with Gasteiger partial charge in [-0.2, -0.15) is 0 Å². The van der Waals surface area contributed by atoms with Crippen molar-refractivity contribution in [1.29, 1.82) is 0 Å². The third-order valence-electron chi connectivity index (χ3n) is 4.22. The lowest BCUT2D eigenvalue weighted by Gasteiger charge is -2.37. The Kier molecular flexibility index (Phi) is 5.61. The first-order valence-electron chi connectivity index (χ1n) is 7.80. The van der Waals surface area contributed by atoms with Crippen molar-refractivity contribution in [3.8, 4) is 0 Å². The molecule has 1 aromatic rings. The predicted octanol–water partition coefficient (Wildman–Crippen LogP) is 0.711. The average Bonchev–Trinajstić information content (AvgIpc) is 2.54. The fraction of sp³-hybridized carbons (Fsp3) is 0.500. The van der Waals surface area contributed by atoms with Crippen molar-refractivity contribution in [3.63, 3.8) is 0 Å². The summed E-state index contributed by atoms with van der Waals surface area (Å²) in [6, 6.07) is 5.46. The summed E-state index contributed by atoms with van der Waals surface area (Å²) in [7, 11) is -3.37. The molecule has 1 saturated heterocycles. The fourth-order valence-corrected chi connectivity index (χ4v) is 3.53. The van der Waals surface area contributed by atoms with Gasteiger partial charge in [0, 0.05) is 38.0 Å². The van der Waals surface area contributed by atoms with E-state index in [1.54, 1.807) is 17.0 Å². The number of benzene rings is 1. The Bertz CT molecular complexity index is 724. The van der Waals surface area contributed by atoms with E-state index < -0.39 is 21.8 Å². The van der Waals surface area contributed by atoms with Gasteiger partial charge in [0.05, 0.1) is 4.90 Å². The van der Waals surface area contributed by atoms with Crippen molar-refractivity contribution in [3.05, 3.63) is 29.8 Å². The maximum atomic E-state index is 12.6. The van der Waals surface area contributed by atoms with Gasteiger partial charge in [0.2, 0.25) is 0 Å². The molecule has 0 spiro atoms. The molecular formula is C16H22N2O5S. The number of carboxylic acids is 1. The Hall–Kier alpha value is -1.93. The molecule has 0 radical (unpaired) electrons. The van der Waals surface area contributed by atoms with Crippen LogP contribution in [-0.4, -0.2) is 73.7 Å². The van der Waals surface area contributed by atoms with Gasteiger partial charge in [0.25, 0.3) is 5.91 Å². The van der Waals surface area contributed by atoms with Crippen LogP contribution in [0.15, 0.2) is 29.2 Å². The highest BCUT2D eigenvalue weighted by Crippen LogP contribution is 2.16. The largest absolute Gasteiger partial charge is 0.480 e. The average molecular weight is 354 g/mol. The highest BCUT2D eigenvalue weighted by molar-refractivity contribution is 7.90. The Labute approximate surface area is 141 Å². The molecule has 1 heterocycles. The van der Waals surface area contributed by atoms with E-state index in [4.69, 9.17) is 0 Å². The fourth-order valence-electron chi connectivity index (χ4n) is 2.87. The molecule has 2 rings (SSSR count). The second-order valence-corrected chi connectivity index (χ2v) is 7.91. The minimum Gasteiger partial charge on any atom is -0.480 e. The number of hydrogen-bond acceptors (Lipinski definition) is 5. The molecule has 1 aliphatic rings. The number of piperazine rings is 1. The van der Waals surface area contributed by atoms with Gasteiger partial charge >= 0.3 is 5.97 Å². The van der Waals surface area contributed by atoms with Crippen LogP contribution < -0.4 is 0 Å².